The molecule has 2 saturated heterocycles. The maximum atomic E-state index is 13.7. The molecule has 9 nitrogen and oxygen atoms in total. The summed E-state index contributed by atoms with van der Waals surface area (Å²) in [4.78, 5) is 22.9. The molecule has 3 aromatic rings. The van der Waals surface area contributed by atoms with E-state index in [9.17, 15) is 23.9 Å². The summed E-state index contributed by atoms with van der Waals surface area (Å²) in [7, 11) is 0. The first-order valence-electron chi connectivity index (χ1n) is 12.4. The zero-order valence-electron chi connectivity index (χ0n) is 21.3. The fourth-order valence-electron chi connectivity index (χ4n) is 4.87. The number of piperidine rings is 1. The number of morpholine rings is 1. The van der Waals surface area contributed by atoms with Crippen molar-refractivity contribution < 1.29 is 32.9 Å². The number of nitriles is 1. The molecule has 2 fully saturated rings. The zero-order valence-corrected chi connectivity index (χ0v) is 21.3. The van der Waals surface area contributed by atoms with Gasteiger partial charge in [0.05, 0.1) is 37.7 Å². The number of aromatic nitrogens is 2. The monoisotopic (exact) mass is 536 g/mol. The maximum absolute atomic E-state index is 13.7. The van der Waals surface area contributed by atoms with Gasteiger partial charge in [0.25, 0.3) is 5.91 Å². The molecule has 0 saturated carbocycles. The van der Waals surface area contributed by atoms with Crippen molar-refractivity contribution in [3.05, 3.63) is 66.1 Å². The van der Waals surface area contributed by atoms with Crippen molar-refractivity contribution in [2.75, 3.05) is 13.2 Å². The number of amides is 1. The van der Waals surface area contributed by atoms with Crippen LogP contribution in [0.15, 0.2) is 48.9 Å². The van der Waals surface area contributed by atoms with E-state index in [2.05, 4.69) is 16.0 Å². The first kappa shape index (κ1) is 26.5. The quantitative estimate of drug-likeness (QED) is 0.503. The van der Waals surface area contributed by atoms with Gasteiger partial charge in [-0.15, -0.1) is 0 Å². The van der Waals surface area contributed by atoms with Gasteiger partial charge >= 0.3 is 0 Å². The normalized spacial score (nSPS) is 20.7. The minimum Gasteiger partial charge on any atom is -0.473 e. The summed E-state index contributed by atoms with van der Waals surface area (Å²) < 4.78 is 44.5. The van der Waals surface area contributed by atoms with E-state index < -0.39 is 17.2 Å². The second kappa shape index (κ2) is 10.6. The molecule has 5 rings (SSSR count). The molecule has 202 valence electrons. The number of benzene rings is 1. The van der Waals surface area contributed by atoms with Crippen LogP contribution < -0.4 is 9.47 Å². The Balaban J connectivity index is 1.29. The molecule has 39 heavy (non-hydrogen) atoms. The number of carbonyl (C=O) groups is 1. The smallest absolute Gasteiger partial charge is 0.254 e. The van der Waals surface area contributed by atoms with E-state index in [4.69, 9.17) is 14.2 Å². The second-order valence-electron chi connectivity index (χ2n) is 10.1. The first-order chi connectivity index (χ1) is 18.6. The van der Waals surface area contributed by atoms with Crippen LogP contribution in [-0.2, 0) is 9.53 Å². The Kier molecular flexibility index (Phi) is 7.16. The molecule has 2 bridgehead atoms. The summed E-state index contributed by atoms with van der Waals surface area (Å²) in [5, 5.41) is 20.0. The minimum absolute atomic E-state index is 0.143. The van der Waals surface area contributed by atoms with Gasteiger partial charge in [0.2, 0.25) is 5.88 Å². The predicted octanol–water partition coefficient (Wildman–Crippen LogP) is 3.99. The highest BCUT2D eigenvalue weighted by molar-refractivity contribution is 5.85. The number of ether oxygens (including phenoxy) is 3. The van der Waals surface area contributed by atoms with Gasteiger partial charge in [0.15, 0.2) is 11.6 Å². The Morgan fingerprint density at radius 1 is 1.08 bits per heavy atom. The van der Waals surface area contributed by atoms with Crippen molar-refractivity contribution in [1.82, 2.24) is 14.9 Å². The predicted molar refractivity (Wildman–Crippen MR) is 134 cm³/mol. The number of fused-ring (bicyclic) bond motifs is 2. The lowest BCUT2D eigenvalue weighted by Crippen LogP contribution is -2.64. The molecule has 2 atom stereocenters. The number of nitrogens with zero attached hydrogens (tertiary/aromatic N) is 4. The summed E-state index contributed by atoms with van der Waals surface area (Å²) in [6.45, 7) is 3.61. The van der Waals surface area contributed by atoms with Gasteiger partial charge < -0.3 is 24.2 Å². The first-order valence-corrected chi connectivity index (χ1v) is 12.4. The molecular weight excluding hydrogens is 510 g/mol. The van der Waals surface area contributed by atoms with Gasteiger partial charge in [0.1, 0.15) is 34.8 Å². The lowest BCUT2D eigenvalue weighted by atomic mass is 9.90. The van der Waals surface area contributed by atoms with E-state index in [0.29, 0.717) is 42.9 Å². The summed E-state index contributed by atoms with van der Waals surface area (Å²) in [5.74, 6) is -1.54. The molecule has 1 N–H and O–H groups in total. The largest absolute Gasteiger partial charge is 0.473 e. The highest BCUT2D eigenvalue weighted by atomic mass is 19.2. The standard InChI is InChI=1S/C28H26F2N4O5/c1-28(2,36)27(35)34-19-8-21(9-20(34)15-37-14-19)39-26-17(10-31)5-23(13-33-26)38-22-6-18(11-32-12-22)16-3-4-24(29)25(30)7-16/h3-7,11-13,19-21,36H,8-9,14-15H2,1-2H3. The van der Waals surface area contributed by atoms with Crippen LogP contribution in [0.5, 0.6) is 17.4 Å². The fourth-order valence-corrected chi connectivity index (χ4v) is 4.87. The molecule has 2 aliphatic heterocycles. The SMILES string of the molecule is CC(C)(O)C(=O)N1C2COCC1CC(Oc1ncc(Oc3cncc(-c4ccc(F)c(F)c4)c3)cc1C#N)C2. The molecule has 2 aromatic heterocycles. The third-order valence-corrected chi connectivity index (χ3v) is 6.66. The van der Waals surface area contributed by atoms with Crippen LogP contribution in [0.2, 0.25) is 0 Å². The summed E-state index contributed by atoms with van der Waals surface area (Å²) in [6.07, 6.45) is 4.98. The van der Waals surface area contributed by atoms with E-state index in [1.165, 1.54) is 44.6 Å². The van der Waals surface area contributed by atoms with Crippen molar-refractivity contribution >= 4 is 5.91 Å². The Morgan fingerprint density at radius 2 is 1.79 bits per heavy atom. The van der Waals surface area contributed by atoms with Crippen molar-refractivity contribution in [3.8, 4) is 34.6 Å². The van der Waals surface area contributed by atoms with Gasteiger partial charge in [-0.05, 0) is 37.6 Å². The number of hydrogen-bond acceptors (Lipinski definition) is 8. The van der Waals surface area contributed by atoms with Gasteiger partial charge in [-0.2, -0.15) is 5.26 Å². The van der Waals surface area contributed by atoms with Crippen LogP contribution in [0, 0.1) is 23.0 Å². The van der Waals surface area contributed by atoms with Gasteiger partial charge in [-0.1, -0.05) is 6.07 Å². The second-order valence-corrected chi connectivity index (χ2v) is 10.1. The van der Waals surface area contributed by atoms with Crippen LogP contribution >= 0.6 is 0 Å². The number of pyridine rings is 2. The molecule has 4 heterocycles. The Bertz CT molecular complexity index is 1420. The topological polar surface area (TPSA) is 118 Å². The summed E-state index contributed by atoms with van der Waals surface area (Å²) in [5.41, 5.74) is -0.383. The number of halogens is 2. The van der Waals surface area contributed by atoms with Crippen LogP contribution in [0.4, 0.5) is 8.78 Å². The molecule has 2 unspecified atom stereocenters. The molecular formula is C28H26F2N4O5. The highest BCUT2D eigenvalue weighted by Gasteiger charge is 2.46. The number of carbonyl (C=O) groups excluding carboxylic acids is 1. The third-order valence-electron chi connectivity index (χ3n) is 6.66. The Labute approximate surface area is 223 Å². The lowest BCUT2D eigenvalue weighted by Gasteiger charge is -2.49. The Morgan fingerprint density at radius 3 is 2.46 bits per heavy atom. The van der Waals surface area contributed by atoms with E-state index in [0.717, 1.165) is 12.1 Å². The van der Waals surface area contributed by atoms with Crippen LogP contribution in [-0.4, -0.2) is 62.9 Å². The summed E-state index contributed by atoms with van der Waals surface area (Å²) in [6, 6.07) is 8.20. The summed E-state index contributed by atoms with van der Waals surface area (Å²) >= 11 is 0. The van der Waals surface area contributed by atoms with Crippen molar-refractivity contribution in [2.24, 2.45) is 0 Å². The van der Waals surface area contributed by atoms with Gasteiger partial charge in [-0.3, -0.25) is 9.78 Å². The fraction of sp³-hybridized carbons (Fsp3) is 0.357. The van der Waals surface area contributed by atoms with Gasteiger partial charge in [0, 0.05) is 30.7 Å². The molecule has 1 amide bonds. The van der Waals surface area contributed by atoms with E-state index in [-0.39, 0.29) is 41.3 Å². The molecule has 0 radical (unpaired) electrons. The van der Waals surface area contributed by atoms with Crippen LogP contribution in [0.1, 0.15) is 32.3 Å². The van der Waals surface area contributed by atoms with E-state index in [1.54, 1.807) is 11.0 Å². The highest BCUT2D eigenvalue weighted by Crippen LogP contribution is 2.34. The van der Waals surface area contributed by atoms with Crippen molar-refractivity contribution in [2.45, 2.75) is 50.5 Å². The van der Waals surface area contributed by atoms with Crippen LogP contribution in [0.3, 0.4) is 0 Å². The zero-order chi connectivity index (χ0) is 27.7. The molecule has 11 heteroatoms. The van der Waals surface area contributed by atoms with E-state index in [1.807, 2.05) is 0 Å². The average molecular weight is 537 g/mol. The maximum Gasteiger partial charge on any atom is 0.254 e. The molecule has 0 spiro atoms. The third kappa shape index (κ3) is 5.67. The lowest BCUT2D eigenvalue weighted by molar-refractivity contribution is -0.171. The van der Waals surface area contributed by atoms with Crippen molar-refractivity contribution in [1.29, 1.82) is 5.26 Å². The number of hydrogen-bond donors (Lipinski definition) is 1. The number of aliphatic hydroxyl groups is 1. The molecule has 0 aliphatic carbocycles. The van der Waals surface area contributed by atoms with Crippen molar-refractivity contribution in [3.63, 3.8) is 0 Å². The minimum atomic E-state index is -1.49. The van der Waals surface area contributed by atoms with E-state index >= 15 is 0 Å². The Hall–Kier alpha value is -4.14. The molecule has 2 aliphatic rings. The number of rotatable bonds is 6. The van der Waals surface area contributed by atoms with Gasteiger partial charge in [-0.25, -0.2) is 13.8 Å². The van der Waals surface area contributed by atoms with Crippen LogP contribution in [0.25, 0.3) is 11.1 Å². The molecule has 1 aromatic carbocycles. The average Bonchev–Trinajstić information content (AvgIpc) is 2.90.